The molecule has 0 atom stereocenters. The number of nitrogens with one attached hydrogen (secondary N) is 2. The van der Waals surface area contributed by atoms with Crippen molar-refractivity contribution in [2.24, 2.45) is 4.99 Å². The van der Waals surface area contributed by atoms with Crippen LogP contribution in [-0.4, -0.2) is 47.6 Å². The van der Waals surface area contributed by atoms with Crippen LogP contribution in [0.5, 0.6) is 0 Å². The van der Waals surface area contributed by atoms with Crippen molar-refractivity contribution < 1.29 is 0 Å². The molecule has 1 aliphatic carbocycles. The van der Waals surface area contributed by atoms with E-state index < -0.39 is 0 Å². The van der Waals surface area contributed by atoms with E-state index in [0.717, 1.165) is 24.2 Å². The Balaban J connectivity index is 1.51. The zero-order valence-electron chi connectivity index (χ0n) is 15.2. The molecule has 1 saturated carbocycles. The summed E-state index contributed by atoms with van der Waals surface area (Å²) in [5.41, 5.74) is 1.07. The van der Waals surface area contributed by atoms with Crippen LogP contribution in [0.4, 0.5) is 0 Å². The summed E-state index contributed by atoms with van der Waals surface area (Å²) >= 11 is 1.74. The Morgan fingerprint density at radius 2 is 2.08 bits per heavy atom. The van der Waals surface area contributed by atoms with Gasteiger partial charge in [-0.15, -0.1) is 11.3 Å². The van der Waals surface area contributed by atoms with Gasteiger partial charge < -0.3 is 15.5 Å². The van der Waals surface area contributed by atoms with Gasteiger partial charge in [-0.05, 0) is 32.6 Å². The van der Waals surface area contributed by atoms with Crippen LogP contribution >= 0.6 is 11.3 Å². The molecule has 1 aromatic rings. The van der Waals surface area contributed by atoms with Crippen LogP contribution in [0.2, 0.25) is 0 Å². The molecular formula is C18H31N5S. The molecule has 1 saturated heterocycles. The number of thiazole rings is 1. The lowest BCUT2D eigenvalue weighted by Crippen LogP contribution is -2.49. The van der Waals surface area contributed by atoms with Gasteiger partial charge >= 0.3 is 0 Å². The summed E-state index contributed by atoms with van der Waals surface area (Å²) in [6.45, 7) is 10.5. The predicted octanol–water partition coefficient (Wildman–Crippen LogP) is 2.95. The highest BCUT2D eigenvalue weighted by atomic mass is 32.1. The SMILES string of the molecule is CCNC(=NCc1csc(C(C)C)n1)NC1CCN(C2CC2)CC1. The molecule has 0 amide bonds. The first-order valence-corrected chi connectivity index (χ1v) is 10.3. The Kier molecular flexibility index (Phi) is 6.11. The molecular weight excluding hydrogens is 318 g/mol. The van der Waals surface area contributed by atoms with Crippen molar-refractivity contribution in [3.63, 3.8) is 0 Å². The first kappa shape index (κ1) is 17.7. The largest absolute Gasteiger partial charge is 0.357 e. The van der Waals surface area contributed by atoms with Crippen LogP contribution in [0.15, 0.2) is 10.4 Å². The maximum absolute atomic E-state index is 4.74. The van der Waals surface area contributed by atoms with Crippen LogP contribution in [0.1, 0.15) is 63.1 Å². The zero-order chi connectivity index (χ0) is 16.9. The molecule has 0 aromatic carbocycles. The van der Waals surface area contributed by atoms with Crippen LogP contribution < -0.4 is 10.6 Å². The third-order valence-electron chi connectivity index (χ3n) is 4.74. The molecule has 2 heterocycles. The Morgan fingerprint density at radius 3 is 2.67 bits per heavy atom. The van der Waals surface area contributed by atoms with E-state index in [-0.39, 0.29) is 0 Å². The maximum Gasteiger partial charge on any atom is 0.191 e. The van der Waals surface area contributed by atoms with Gasteiger partial charge in [-0.3, -0.25) is 0 Å². The molecule has 0 bridgehead atoms. The molecule has 5 nitrogen and oxygen atoms in total. The van der Waals surface area contributed by atoms with Crippen LogP contribution in [-0.2, 0) is 6.54 Å². The van der Waals surface area contributed by atoms with Crippen LogP contribution in [0, 0.1) is 0 Å². The highest BCUT2D eigenvalue weighted by Crippen LogP contribution is 2.29. The summed E-state index contributed by atoms with van der Waals surface area (Å²) in [5, 5.41) is 10.3. The first-order chi connectivity index (χ1) is 11.7. The Hall–Kier alpha value is -1.14. The number of aliphatic imine (C=N–C) groups is 1. The normalized spacial score (nSPS) is 20.6. The van der Waals surface area contributed by atoms with Gasteiger partial charge in [0.2, 0.25) is 0 Å². The van der Waals surface area contributed by atoms with E-state index in [4.69, 9.17) is 4.99 Å². The van der Waals surface area contributed by atoms with Gasteiger partial charge in [0.1, 0.15) is 0 Å². The third-order valence-corrected chi connectivity index (χ3v) is 5.93. The molecule has 134 valence electrons. The number of hydrogen-bond acceptors (Lipinski definition) is 4. The molecule has 24 heavy (non-hydrogen) atoms. The summed E-state index contributed by atoms with van der Waals surface area (Å²) in [6, 6.07) is 1.44. The summed E-state index contributed by atoms with van der Waals surface area (Å²) < 4.78 is 0. The van der Waals surface area contributed by atoms with Gasteiger partial charge in [0.15, 0.2) is 5.96 Å². The third kappa shape index (κ3) is 4.93. The lowest BCUT2D eigenvalue weighted by Gasteiger charge is -2.33. The molecule has 3 rings (SSSR count). The summed E-state index contributed by atoms with van der Waals surface area (Å²) in [6.07, 6.45) is 5.26. The van der Waals surface area contributed by atoms with Crippen molar-refractivity contribution in [3.8, 4) is 0 Å². The highest BCUT2D eigenvalue weighted by molar-refractivity contribution is 7.09. The first-order valence-electron chi connectivity index (χ1n) is 9.39. The molecule has 2 aliphatic rings. The van der Waals surface area contributed by atoms with Crippen molar-refractivity contribution in [1.82, 2.24) is 20.5 Å². The van der Waals surface area contributed by atoms with Gasteiger partial charge in [0.05, 0.1) is 17.2 Å². The van der Waals surface area contributed by atoms with Gasteiger partial charge in [-0.1, -0.05) is 13.8 Å². The van der Waals surface area contributed by atoms with Crippen molar-refractivity contribution >= 4 is 17.3 Å². The maximum atomic E-state index is 4.74. The summed E-state index contributed by atoms with van der Waals surface area (Å²) in [7, 11) is 0. The fourth-order valence-corrected chi connectivity index (χ4v) is 4.01. The van der Waals surface area contributed by atoms with Crippen molar-refractivity contribution in [2.75, 3.05) is 19.6 Å². The molecule has 0 radical (unpaired) electrons. The summed E-state index contributed by atoms with van der Waals surface area (Å²) in [4.78, 5) is 12.1. The Labute approximate surface area is 150 Å². The number of rotatable bonds is 6. The van der Waals surface area contributed by atoms with Crippen molar-refractivity contribution in [3.05, 3.63) is 16.1 Å². The van der Waals surface area contributed by atoms with E-state index in [0.29, 0.717) is 18.5 Å². The van der Waals surface area contributed by atoms with Crippen LogP contribution in [0.25, 0.3) is 0 Å². The monoisotopic (exact) mass is 349 g/mol. The smallest absolute Gasteiger partial charge is 0.191 e. The van der Waals surface area contributed by atoms with E-state index in [1.165, 1.54) is 43.8 Å². The zero-order valence-corrected chi connectivity index (χ0v) is 16.0. The fourth-order valence-electron chi connectivity index (χ4n) is 3.18. The second-order valence-corrected chi connectivity index (χ2v) is 8.10. The predicted molar refractivity (Wildman–Crippen MR) is 102 cm³/mol. The van der Waals surface area contributed by atoms with Crippen molar-refractivity contribution in [1.29, 1.82) is 0 Å². The molecule has 0 spiro atoms. The quantitative estimate of drug-likeness (QED) is 0.612. The molecule has 6 heteroatoms. The van der Waals surface area contributed by atoms with E-state index in [1.54, 1.807) is 11.3 Å². The standard InChI is InChI=1S/C18H31N5S/c1-4-19-18(20-11-15-12-24-17(21-15)13(2)3)22-14-7-9-23(10-8-14)16-5-6-16/h12-14,16H,4-11H2,1-3H3,(H2,19,20,22). The molecule has 1 aromatic heterocycles. The summed E-state index contributed by atoms with van der Waals surface area (Å²) in [5.74, 6) is 1.43. The number of likely N-dealkylation sites (tertiary alicyclic amines) is 1. The minimum absolute atomic E-state index is 0.496. The minimum Gasteiger partial charge on any atom is -0.357 e. The number of nitrogens with zero attached hydrogens (tertiary/aromatic N) is 3. The number of hydrogen-bond donors (Lipinski definition) is 2. The number of guanidine groups is 1. The second kappa shape index (κ2) is 8.30. The van der Waals surface area contributed by atoms with Gasteiger partial charge in [0, 0.05) is 43.0 Å². The van der Waals surface area contributed by atoms with Gasteiger partial charge in [-0.25, -0.2) is 9.98 Å². The van der Waals surface area contributed by atoms with Gasteiger partial charge in [-0.2, -0.15) is 0 Å². The Morgan fingerprint density at radius 1 is 1.33 bits per heavy atom. The van der Waals surface area contributed by atoms with Gasteiger partial charge in [0.25, 0.3) is 0 Å². The Bertz CT molecular complexity index is 541. The topological polar surface area (TPSA) is 52.6 Å². The lowest BCUT2D eigenvalue weighted by molar-refractivity contribution is 0.197. The molecule has 1 aliphatic heterocycles. The fraction of sp³-hybridized carbons (Fsp3) is 0.778. The van der Waals surface area contributed by atoms with Crippen LogP contribution in [0.3, 0.4) is 0 Å². The van der Waals surface area contributed by atoms with Crippen molar-refractivity contribution in [2.45, 2.75) is 71.0 Å². The molecule has 0 unspecified atom stereocenters. The average molecular weight is 350 g/mol. The molecule has 2 N–H and O–H groups in total. The van der Waals surface area contributed by atoms with E-state index in [2.05, 4.69) is 46.7 Å². The lowest BCUT2D eigenvalue weighted by atomic mass is 10.1. The highest BCUT2D eigenvalue weighted by Gasteiger charge is 2.31. The minimum atomic E-state index is 0.496. The van der Waals surface area contributed by atoms with E-state index in [1.807, 2.05) is 0 Å². The number of piperidine rings is 1. The molecule has 2 fully saturated rings. The van der Waals surface area contributed by atoms with E-state index in [9.17, 15) is 0 Å². The average Bonchev–Trinajstić information content (AvgIpc) is 3.31. The second-order valence-electron chi connectivity index (χ2n) is 7.21. The van der Waals surface area contributed by atoms with E-state index >= 15 is 0 Å². The number of aromatic nitrogens is 1.